The number of hydrogen-bond acceptors (Lipinski definition) is 1. The van der Waals surface area contributed by atoms with Gasteiger partial charge in [-0.1, -0.05) is 0 Å². The van der Waals surface area contributed by atoms with Gasteiger partial charge in [-0.15, -0.1) is 0 Å². The average Bonchev–Trinajstić information content (AvgIpc) is 0.722. The van der Waals surface area contributed by atoms with Crippen molar-refractivity contribution in [3.05, 3.63) is 0 Å². The van der Waals surface area contributed by atoms with E-state index in [1.807, 2.05) is 0 Å². The van der Waals surface area contributed by atoms with Gasteiger partial charge in [-0.25, -0.2) is 4.57 Å². The summed E-state index contributed by atoms with van der Waals surface area (Å²) in [5.74, 6) is 0. The number of phosphoric acid groups is 1. The molecular weight excluding hydrogens is 187 g/mol. The van der Waals surface area contributed by atoms with Gasteiger partial charge in [0.25, 0.3) is 0 Å². The number of hydrogen-bond donors (Lipinski definition) is 3. The zero-order valence-corrected chi connectivity index (χ0v) is 15.1. The molecule has 0 aliphatic rings. The Bertz CT molecular complexity index is 70.3. The Balaban J connectivity index is -0.00000000286. The molecule has 0 heterocycles. The van der Waals surface area contributed by atoms with Crippen molar-refractivity contribution >= 4 is 7.82 Å². The molecule has 0 aliphatic carbocycles. The molecule has 0 spiro atoms. The molecule has 0 rings (SSSR count). The fourth-order valence-electron chi connectivity index (χ4n) is 0. The Morgan fingerprint density at radius 2 is 0.889 bits per heavy atom. The van der Waals surface area contributed by atoms with Gasteiger partial charge in [0.2, 0.25) is 0 Å². The van der Waals surface area contributed by atoms with Crippen molar-refractivity contribution in [2.24, 2.45) is 0 Å². The third-order valence-electron chi connectivity index (χ3n) is 0. The van der Waals surface area contributed by atoms with Crippen molar-refractivity contribution in [1.82, 2.24) is 0 Å². The largest absolute Gasteiger partial charge is 1.00 e. The Morgan fingerprint density at radius 3 is 0.889 bits per heavy atom. The second kappa shape index (κ2) is 14.6. The minimum Gasteiger partial charge on any atom is -1.00 e. The monoisotopic (exact) mass is 194 g/mol. The van der Waals surface area contributed by atoms with Crippen LogP contribution in [0.25, 0.3) is 0 Å². The standard InChI is InChI=1S/4Na.H3O4P.4H/c;;;;1-5(2,3)4;;;;/h;;;;(H3,1,2,3,4);;;;/q4*+1;;4*-1. The molecule has 0 radical (unpaired) electrons. The predicted molar refractivity (Wildman–Crippen MR) is 18.7 cm³/mol. The normalized spacial score (nSPS) is 6.56. The van der Waals surface area contributed by atoms with Gasteiger partial charge in [0, 0.05) is 0 Å². The Hall–Kier alpha value is 4.11. The van der Waals surface area contributed by atoms with Gasteiger partial charge in [-0.2, -0.15) is 0 Å². The molecule has 0 aromatic heterocycles. The zero-order valence-electron chi connectivity index (χ0n) is 10.2. The molecule has 0 aromatic rings. The van der Waals surface area contributed by atoms with Crippen LogP contribution in [-0.2, 0) is 4.57 Å². The smallest absolute Gasteiger partial charge is 1.00 e. The fourth-order valence-corrected chi connectivity index (χ4v) is 0. The Kier molecular flexibility index (Phi) is 47.5. The molecule has 0 amide bonds. The first kappa shape index (κ1) is 29.2. The van der Waals surface area contributed by atoms with E-state index < -0.39 is 7.82 Å². The predicted octanol–water partition coefficient (Wildman–Crippen LogP) is -12.5. The molecule has 0 aliphatic heterocycles. The fraction of sp³-hybridized carbons (Fsp3) is 0. The van der Waals surface area contributed by atoms with Gasteiger partial charge in [0.1, 0.15) is 0 Å². The molecule has 0 aromatic carbocycles. The third kappa shape index (κ3) is 73.3. The molecule has 0 saturated heterocycles. The summed E-state index contributed by atoms with van der Waals surface area (Å²) in [4.78, 5) is 21.6. The topological polar surface area (TPSA) is 77.8 Å². The SMILES string of the molecule is O=P(O)(O)O.[H-].[H-].[H-].[H-].[Na+].[Na+].[Na+].[Na+]. The second-order valence-corrected chi connectivity index (χ2v) is 1.54. The minimum absolute atomic E-state index is 0. The van der Waals surface area contributed by atoms with Gasteiger partial charge in [0.05, 0.1) is 0 Å². The van der Waals surface area contributed by atoms with Gasteiger partial charge in [0.15, 0.2) is 0 Å². The van der Waals surface area contributed by atoms with E-state index in [1.54, 1.807) is 0 Å². The van der Waals surface area contributed by atoms with Gasteiger partial charge in [-0.3, -0.25) is 0 Å². The molecular formula is H7Na4O4P. The first-order valence-corrected chi connectivity index (χ1v) is 2.35. The molecule has 3 N–H and O–H groups in total. The summed E-state index contributed by atoms with van der Waals surface area (Å²) in [5, 5.41) is 0. The maximum Gasteiger partial charge on any atom is 1.00 e. The zero-order chi connectivity index (χ0) is 4.50. The van der Waals surface area contributed by atoms with Crippen molar-refractivity contribution in [1.29, 1.82) is 0 Å². The molecule has 9 heavy (non-hydrogen) atoms. The average molecular weight is 194 g/mol. The van der Waals surface area contributed by atoms with Crippen LogP contribution in [0.4, 0.5) is 0 Å². The van der Waals surface area contributed by atoms with Gasteiger partial charge < -0.3 is 20.4 Å². The summed E-state index contributed by atoms with van der Waals surface area (Å²) < 4.78 is 8.88. The van der Waals surface area contributed by atoms with Crippen LogP contribution >= 0.6 is 7.82 Å². The summed E-state index contributed by atoms with van der Waals surface area (Å²) in [7, 11) is -4.64. The van der Waals surface area contributed by atoms with E-state index in [1.165, 1.54) is 0 Å². The molecule has 0 atom stereocenters. The van der Waals surface area contributed by atoms with E-state index in [0.29, 0.717) is 0 Å². The maximum absolute atomic E-state index is 8.88. The van der Waals surface area contributed by atoms with E-state index in [9.17, 15) is 0 Å². The quantitative estimate of drug-likeness (QED) is 0.264. The van der Waals surface area contributed by atoms with E-state index in [4.69, 9.17) is 19.2 Å². The van der Waals surface area contributed by atoms with Crippen LogP contribution in [-0.4, -0.2) is 14.7 Å². The van der Waals surface area contributed by atoms with Crippen molar-refractivity contribution in [2.45, 2.75) is 0 Å². The summed E-state index contributed by atoms with van der Waals surface area (Å²) in [5.41, 5.74) is 0. The first-order chi connectivity index (χ1) is 2.00. The van der Waals surface area contributed by atoms with Crippen LogP contribution in [0.15, 0.2) is 0 Å². The second-order valence-electron chi connectivity index (χ2n) is 0.513. The van der Waals surface area contributed by atoms with E-state index in [2.05, 4.69) is 0 Å². The Labute approximate surface area is 148 Å². The van der Waals surface area contributed by atoms with Crippen molar-refractivity contribution in [3.63, 3.8) is 0 Å². The summed E-state index contributed by atoms with van der Waals surface area (Å²) in [6.45, 7) is 0. The van der Waals surface area contributed by atoms with Crippen LogP contribution in [0.5, 0.6) is 0 Å². The molecule has 0 fully saturated rings. The van der Waals surface area contributed by atoms with E-state index >= 15 is 0 Å². The van der Waals surface area contributed by atoms with Crippen LogP contribution in [0, 0.1) is 0 Å². The Morgan fingerprint density at radius 1 is 0.889 bits per heavy atom. The van der Waals surface area contributed by atoms with Crippen LogP contribution < -0.4 is 118 Å². The molecule has 4 nitrogen and oxygen atoms in total. The van der Waals surface area contributed by atoms with Crippen LogP contribution in [0.2, 0.25) is 0 Å². The van der Waals surface area contributed by atoms with E-state index in [0.717, 1.165) is 0 Å². The van der Waals surface area contributed by atoms with Crippen LogP contribution in [0.3, 0.4) is 0 Å². The third-order valence-corrected chi connectivity index (χ3v) is 0. The van der Waals surface area contributed by atoms with Gasteiger partial charge >= 0.3 is 126 Å². The maximum atomic E-state index is 8.88. The molecule has 0 unspecified atom stereocenters. The van der Waals surface area contributed by atoms with Crippen molar-refractivity contribution in [3.8, 4) is 0 Å². The molecule has 40 valence electrons. The number of rotatable bonds is 0. The summed E-state index contributed by atoms with van der Waals surface area (Å²) in [6, 6.07) is 0. The summed E-state index contributed by atoms with van der Waals surface area (Å²) >= 11 is 0. The summed E-state index contributed by atoms with van der Waals surface area (Å²) in [6.07, 6.45) is 0. The van der Waals surface area contributed by atoms with E-state index in [-0.39, 0.29) is 124 Å². The van der Waals surface area contributed by atoms with Crippen molar-refractivity contribution < 1.29 is 143 Å². The minimum atomic E-state index is -4.64. The first-order valence-electron chi connectivity index (χ1n) is 0.783. The van der Waals surface area contributed by atoms with Crippen LogP contribution in [0.1, 0.15) is 5.71 Å². The molecule has 9 heteroatoms. The van der Waals surface area contributed by atoms with Gasteiger partial charge in [-0.05, 0) is 0 Å². The van der Waals surface area contributed by atoms with Crippen molar-refractivity contribution in [2.75, 3.05) is 0 Å². The molecule has 0 saturated carbocycles. The molecule has 0 bridgehead atoms.